The van der Waals surface area contributed by atoms with Gasteiger partial charge in [0.25, 0.3) is 0 Å². The van der Waals surface area contributed by atoms with Crippen molar-refractivity contribution in [3.05, 3.63) is 52.0 Å². The first-order valence-corrected chi connectivity index (χ1v) is 10.3. The predicted octanol–water partition coefficient (Wildman–Crippen LogP) is 4.74. The first-order chi connectivity index (χ1) is 12.2. The zero-order chi connectivity index (χ0) is 17.0. The maximum Gasteiger partial charge on any atom is 0.137 e. The highest BCUT2D eigenvalue weighted by Gasteiger charge is 2.22. The number of fused-ring (bicyclic) bond motifs is 4. The molecule has 0 N–H and O–H groups in total. The lowest BCUT2D eigenvalue weighted by Crippen LogP contribution is -1.93. The summed E-state index contributed by atoms with van der Waals surface area (Å²) in [4.78, 5) is 16.9. The first-order valence-electron chi connectivity index (χ1n) is 8.54. The van der Waals surface area contributed by atoms with Gasteiger partial charge >= 0.3 is 0 Å². The van der Waals surface area contributed by atoms with Crippen LogP contribution in [-0.4, -0.2) is 19.4 Å². The van der Waals surface area contributed by atoms with Gasteiger partial charge in [0, 0.05) is 27.9 Å². The van der Waals surface area contributed by atoms with E-state index in [1.54, 1.807) is 11.8 Å². The summed E-state index contributed by atoms with van der Waals surface area (Å²) in [5.41, 5.74) is 4.80. The molecule has 0 saturated carbocycles. The van der Waals surface area contributed by atoms with Gasteiger partial charge in [-0.25, -0.2) is 15.0 Å². The molecule has 4 aromatic heterocycles. The maximum atomic E-state index is 4.76. The molecule has 0 bridgehead atoms. The highest BCUT2D eigenvalue weighted by molar-refractivity contribution is 7.98. The monoisotopic (exact) mass is 366 g/mol. The number of thiophene rings is 1. The quantitative estimate of drug-likeness (QED) is 0.388. The average Bonchev–Trinajstić information content (AvgIpc) is 3.26. The molecule has 0 saturated heterocycles. The number of aryl methyl sites for hydroxylation is 4. The maximum absolute atomic E-state index is 4.76. The number of hydrogen-bond donors (Lipinski definition) is 0. The topological polar surface area (TPSA) is 43.1 Å². The van der Waals surface area contributed by atoms with Crippen molar-refractivity contribution in [1.29, 1.82) is 0 Å². The molecule has 4 heterocycles. The summed E-state index contributed by atoms with van der Waals surface area (Å²) in [6.45, 7) is 4.10. The van der Waals surface area contributed by atoms with Crippen molar-refractivity contribution >= 4 is 39.0 Å². The van der Waals surface area contributed by atoms with Crippen LogP contribution in [0.1, 0.15) is 34.1 Å². The molecule has 0 aliphatic heterocycles. The van der Waals surface area contributed by atoms with E-state index in [-0.39, 0.29) is 0 Å². The largest absolute Gasteiger partial charge is 0.304 e. The van der Waals surface area contributed by atoms with Crippen molar-refractivity contribution in [3.8, 4) is 0 Å². The molecule has 0 atom stereocenters. The Morgan fingerprint density at radius 3 is 2.96 bits per heavy atom. The molecule has 25 heavy (non-hydrogen) atoms. The molecule has 0 fully saturated rings. The van der Waals surface area contributed by atoms with Crippen molar-refractivity contribution in [2.45, 2.75) is 43.9 Å². The molecule has 4 aromatic rings. The molecule has 126 valence electrons. The molecule has 6 heteroatoms. The van der Waals surface area contributed by atoms with Crippen LogP contribution in [0.4, 0.5) is 0 Å². The molecule has 4 nitrogen and oxygen atoms in total. The van der Waals surface area contributed by atoms with Crippen LogP contribution in [0.5, 0.6) is 0 Å². The Morgan fingerprint density at radius 1 is 1.16 bits per heavy atom. The number of nitrogens with zero attached hydrogens (tertiary/aromatic N) is 4. The number of thioether (sulfide) groups is 1. The van der Waals surface area contributed by atoms with Gasteiger partial charge in [0.05, 0.1) is 5.69 Å². The van der Waals surface area contributed by atoms with Crippen LogP contribution in [0.3, 0.4) is 0 Å². The fraction of sp³-hybridized carbons (Fsp3) is 0.316. The molecule has 0 spiro atoms. The summed E-state index contributed by atoms with van der Waals surface area (Å²) < 4.78 is 2.15. The summed E-state index contributed by atoms with van der Waals surface area (Å²) in [6.07, 6.45) is 5.77. The SMILES string of the molecule is Cc1nc(SCc2cn3c(C)cccc3n2)c2c3c(sc2n1)CCC3. The summed E-state index contributed by atoms with van der Waals surface area (Å²) in [7, 11) is 0. The van der Waals surface area contributed by atoms with Gasteiger partial charge < -0.3 is 4.40 Å². The number of imidazole rings is 1. The minimum atomic E-state index is 0.831. The van der Waals surface area contributed by atoms with E-state index >= 15 is 0 Å². The van der Waals surface area contributed by atoms with Gasteiger partial charge in [-0.2, -0.15) is 0 Å². The lowest BCUT2D eigenvalue weighted by molar-refractivity contribution is 0.914. The van der Waals surface area contributed by atoms with Crippen LogP contribution in [0, 0.1) is 13.8 Å². The molecule has 0 aromatic carbocycles. The summed E-state index contributed by atoms with van der Waals surface area (Å²) in [5.74, 6) is 1.69. The van der Waals surface area contributed by atoms with Crippen LogP contribution >= 0.6 is 23.1 Å². The molecular formula is C19H18N4S2. The van der Waals surface area contributed by atoms with Gasteiger partial charge in [0.1, 0.15) is 21.3 Å². The lowest BCUT2D eigenvalue weighted by Gasteiger charge is -2.04. The Kier molecular flexibility index (Phi) is 3.57. The van der Waals surface area contributed by atoms with E-state index < -0.39 is 0 Å². The minimum Gasteiger partial charge on any atom is -0.304 e. The second-order valence-electron chi connectivity index (χ2n) is 6.53. The zero-order valence-electron chi connectivity index (χ0n) is 14.2. The molecular weight excluding hydrogens is 348 g/mol. The third-order valence-corrected chi connectivity index (χ3v) is 6.94. The van der Waals surface area contributed by atoms with Crippen LogP contribution in [0.25, 0.3) is 15.9 Å². The van der Waals surface area contributed by atoms with Gasteiger partial charge in [-0.3, -0.25) is 0 Å². The normalized spacial score (nSPS) is 13.8. The Labute approximate surface area is 154 Å². The molecule has 0 unspecified atom stereocenters. The Bertz CT molecular complexity index is 1110. The number of rotatable bonds is 3. The number of pyridine rings is 1. The highest BCUT2D eigenvalue weighted by atomic mass is 32.2. The smallest absolute Gasteiger partial charge is 0.137 e. The Morgan fingerprint density at radius 2 is 2.08 bits per heavy atom. The Hall–Kier alpha value is -1.92. The first kappa shape index (κ1) is 15.3. The third kappa shape index (κ3) is 2.55. The van der Waals surface area contributed by atoms with Crippen molar-refractivity contribution in [3.63, 3.8) is 0 Å². The predicted molar refractivity (Wildman–Crippen MR) is 104 cm³/mol. The number of hydrogen-bond acceptors (Lipinski definition) is 5. The van der Waals surface area contributed by atoms with E-state index in [0.717, 1.165) is 32.8 Å². The van der Waals surface area contributed by atoms with Crippen LogP contribution in [0.2, 0.25) is 0 Å². The van der Waals surface area contributed by atoms with Crippen molar-refractivity contribution in [1.82, 2.24) is 19.4 Å². The third-order valence-electron chi connectivity index (χ3n) is 4.75. The van der Waals surface area contributed by atoms with Crippen LogP contribution < -0.4 is 0 Å². The van der Waals surface area contributed by atoms with Crippen molar-refractivity contribution < 1.29 is 0 Å². The van der Waals surface area contributed by atoms with E-state index in [4.69, 9.17) is 9.97 Å². The van der Waals surface area contributed by atoms with E-state index in [2.05, 4.69) is 40.7 Å². The van der Waals surface area contributed by atoms with Gasteiger partial charge in [-0.1, -0.05) is 17.8 Å². The fourth-order valence-corrected chi connectivity index (χ4v) is 5.94. The zero-order valence-corrected chi connectivity index (χ0v) is 15.9. The Balaban J connectivity index is 1.52. The lowest BCUT2D eigenvalue weighted by atomic mass is 10.2. The van der Waals surface area contributed by atoms with Gasteiger partial charge in [-0.15, -0.1) is 11.3 Å². The molecule has 1 aliphatic rings. The van der Waals surface area contributed by atoms with E-state index in [1.165, 1.54) is 40.8 Å². The van der Waals surface area contributed by atoms with Crippen LogP contribution in [0.15, 0.2) is 29.4 Å². The molecule has 1 aliphatic carbocycles. The number of aromatic nitrogens is 4. The summed E-state index contributed by atoms with van der Waals surface area (Å²) >= 11 is 3.65. The molecule has 0 amide bonds. The summed E-state index contributed by atoms with van der Waals surface area (Å²) in [6, 6.07) is 6.22. The van der Waals surface area contributed by atoms with Crippen molar-refractivity contribution in [2.24, 2.45) is 0 Å². The van der Waals surface area contributed by atoms with Gasteiger partial charge in [0.15, 0.2) is 0 Å². The molecule has 5 rings (SSSR count). The van der Waals surface area contributed by atoms with E-state index in [0.29, 0.717) is 0 Å². The highest BCUT2D eigenvalue weighted by Crippen LogP contribution is 2.41. The summed E-state index contributed by atoms with van der Waals surface area (Å²) in [5, 5.41) is 2.42. The van der Waals surface area contributed by atoms with Gasteiger partial charge in [-0.05, 0) is 50.8 Å². The second-order valence-corrected chi connectivity index (χ2v) is 8.58. The van der Waals surface area contributed by atoms with E-state index in [1.807, 2.05) is 18.3 Å². The minimum absolute atomic E-state index is 0.831. The standard InChI is InChI=1S/C19H18N4S2/c1-11-5-3-8-16-22-13(9-23(11)16)10-24-18-17-14-6-4-7-15(14)25-19(17)21-12(2)20-18/h3,5,8-9H,4,6-7,10H2,1-2H3. The van der Waals surface area contributed by atoms with Crippen molar-refractivity contribution in [2.75, 3.05) is 0 Å². The fourth-order valence-electron chi connectivity index (χ4n) is 3.58. The van der Waals surface area contributed by atoms with Crippen LogP contribution in [-0.2, 0) is 18.6 Å². The average molecular weight is 367 g/mol. The van der Waals surface area contributed by atoms with Gasteiger partial charge in [0.2, 0.25) is 0 Å². The molecule has 0 radical (unpaired) electrons. The van der Waals surface area contributed by atoms with E-state index in [9.17, 15) is 0 Å². The second kappa shape index (κ2) is 5.81.